The topological polar surface area (TPSA) is 39.2 Å². The number of aromatic nitrogens is 2. The molecule has 2 rings (SSSR count). The Balaban J connectivity index is 2.59. The first-order valence-corrected chi connectivity index (χ1v) is 6.76. The molecule has 4 nitrogen and oxygen atoms in total. The van der Waals surface area contributed by atoms with Crippen molar-refractivity contribution in [1.82, 2.24) is 9.55 Å². The number of hydrogen-bond acceptors (Lipinski definition) is 3. The smallest absolute Gasteiger partial charge is 0.178 e. The van der Waals surface area contributed by atoms with Crippen molar-refractivity contribution in [1.29, 1.82) is 0 Å². The molecule has 0 saturated carbocycles. The van der Waals surface area contributed by atoms with Gasteiger partial charge in [0.15, 0.2) is 4.77 Å². The highest BCUT2D eigenvalue weighted by molar-refractivity contribution is 7.71. The molecule has 19 heavy (non-hydrogen) atoms. The molecule has 1 aromatic carbocycles. The highest BCUT2D eigenvalue weighted by Crippen LogP contribution is 2.27. The van der Waals surface area contributed by atoms with Gasteiger partial charge in [-0.15, -0.1) is 0 Å². The van der Waals surface area contributed by atoms with Crippen LogP contribution in [0.3, 0.4) is 0 Å². The fraction of sp³-hybridized carbons (Fsp3) is 0.500. The van der Waals surface area contributed by atoms with Gasteiger partial charge in [0.2, 0.25) is 0 Å². The summed E-state index contributed by atoms with van der Waals surface area (Å²) in [5.41, 5.74) is 2.08. The van der Waals surface area contributed by atoms with Gasteiger partial charge < -0.3 is 19.0 Å². The second-order valence-corrected chi connectivity index (χ2v) is 5.34. The first-order valence-electron chi connectivity index (χ1n) is 6.35. The number of imidazole rings is 1. The Bertz CT molecular complexity index is 615. The van der Waals surface area contributed by atoms with Gasteiger partial charge in [0, 0.05) is 13.2 Å². The lowest BCUT2D eigenvalue weighted by atomic mass is 10.1. The predicted octanol–water partition coefficient (Wildman–Crippen LogP) is 3.55. The summed E-state index contributed by atoms with van der Waals surface area (Å²) in [7, 11) is 3.38. The summed E-state index contributed by atoms with van der Waals surface area (Å²) in [6.07, 6.45) is 0. The molecule has 0 aliphatic heterocycles. The number of H-pyrrole nitrogens is 1. The van der Waals surface area contributed by atoms with E-state index in [1.54, 1.807) is 14.2 Å². The van der Waals surface area contributed by atoms with E-state index in [-0.39, 0.29) is 6.04 Å². The van der Waals surface area contributed by atoms with Crippen LogP contribution in [0.5, 0.6) is 5.75 Å². The molecule has 2 aromatic rings. The van der Waals surface area contributed by atoms with Crippen molar-refractivity contribution in [3.63, 3.8) is 0 Å². The van der Waals surface area contributed by atoms with E-state index in [0.29, 0.717) is 12.5 Å². The molecule has 0 fully saturated rings. The maximum Gasteiger partial charge on any atom is 0.178 e. The lowest BCUT2D eigenvalue weighted by Crippen LogP contribution is -2.20. The third kappa shape index (κ3) is 2.67. The number of fused-ring (bicyclic) bond motifs is 1. The Morgan fingerprint density at radius 2 is 2.05 bits per heavy atom. The number of nitrogens with zero attached hydrogens (tertiary/aromatic N) is 1. The molecule has 0 spiro atoms. The molecular weight excluding hydrogens is 260 g/mol. The lowest BCUT2D eigenvalue weighted by Gasteiger charge is -2.22. The summed E-state index contributed by atoms with van der Waals surface area (Å²) in [5, 5.41) is 0. The molecule has 1 N–H and O–H groups in total. The molecule has 0 saturated heterocycles. The van der Waals surface area contributed by atoms with Crippen molar-refractivity contribution in [2.45, 2.75) is 19.9 Å². The highest BCUT2D eigenvalue weighted by Gasteiger charge is 2.19. The van der Waals surface area contributed by atoms with Crippen LogP contribution < -0.4 is 4.74 Å². The minimum Gasteiger partial charge on any atom is -0.497 e. The molecule has 1 aromatic heterocycles. The van der Waals surface area contributed by atoms with Gasteiger partial charge >= 0.3 is 0 Å². The van der Waals surface area contributed by atoms with E-state index < -0.39 is 0 Å². The number of nitrogens with one attached hydrogen (secondary N) is 1. The molecule has 0 bridgehead atoms. The van der Waals surface area contributed by atoms with Gasteiger partial charge in [-0.05, 0) is 30.3 Å². The Kier molecular flexibility index (Phi) is 4.27. The monoisotopic (exact) mass is 280 g/mol. The second kappa shape index (κ2) is 5.75. The van der Waals surface area contributed by atoms with Crippen LogP contribution in [-0.4, -0.2) is 30.4 Å². The third-order valence-electron chi connectivity index (χ3n) is 3.36. The average molecular weight is 280 g/mol. The molecule has 0 aliphatic carbocycles. The first kappa shape index (κ1) is 14.1. The summed E-state index contributed by atoms with van der Waals surface area (Å²) in [6.45, 7) is 4.99. The maximum absolute atomic E-state index is 5.45. The van der Waals surface area contributed by atoms with Crippen LogP contribution in [0.15, 0.2) is 18.2 Å². The third-order valence-corrected chi connectivity index (χ3v) is 3.66. The molecule has 104 valence electrons. The van der Waals surface area contributed by atoms with E-state index in [4.69, 9.17) is 21.7 Å². The lowest BCUT2D eigenvalue weighted by molar-refractivity contribution is 0.134. The van der Waals surface area contributed by atoms with Crippen molar-refractivity contribution < 1.29 is 9.47 Å². The van der Waals surface area contributed by atoms with Crippen LogP contribution >= 0.6 is 12.2 Å². The Morgan fingerprint density at radius 3 is 2.63 bits per heavy atom. The maximum atomic E-state index is 5.45. The van der Waals surface area contributed by atoms with Gasteiger partial charge in [-0.1, -0.05) is 13.8 Å². The van der Waals surface area contributed by atoms with Gasteiger partial charge in [-0.2, -0.15) is 0 Å². The van der Waals surface area contributed by atoms with Crippen molar-refractivity contribution in [2.24, 2.45) is 5.92 Å². The molecule has 0 radical (unpaired) electrons. The predicted molar refractivity (Wildman–Crippen MR) is 79.4 cm³/mol. The largest absolute Gasteiger partial charge is 0.497 e. The molecule has 1 heterocycles. The second-order valence-electron chi connectivity index (χ2n) is 4.95. The van der Waals surface area contributed by atoms with E-state index in [2.05, 4.69) is 23.4 Å². The fourth-order valence-corrected chi connectivity index (χ4v) is 2.65. The molecule has 1 unspecified atom stereocenters. The fourth-order valence-electron chi connectivity index (χ4n) is 2.30. The molecular formula is C14H20N2O2S. The molecule has 0 aliphatic rings. The minimum absolute atomic E-state index is 0.222. The zero-order chi connectivity index (χ0) is 14.0. The SMILES string of the molecule is COCC(C(C)C)n1c(=S)[nH]c2cc(OC)ccc21. The summed E-state index contributed by atoms with van der Waals surface area (Å²) in [5.74, 6) is 1.26. The summed E-state index contributed by atoms with van der Waals surface area (Å²) >= 11 is 5.45. The van der Waals surface area contributed by atoms with Crippen molar-refractivity contribution in [2.75, 3.05) is 20.8 Å². The normalized spacial score (nSPS) is 13.1. The van der Waals surface area contributed by atoms with Gasteiger partial charge in [-0.3, -0.25) is 0 Å². The number of benzene rings is 1. The van der Waals surface area contributed by atoms with Gasteiger partial charge in [-0.25, -0.2) is 0 Å². The summed E-state index contributed by atoms with van der Waals surface area (Å²) in [6, 6.07) is 6.17. The average Bonchev–Trinajstić information content (AvgIpc) is 2.70. The number of hydrogen-bond donors (Lipinski definition) is 1. The van der Waals surface area contributed by atoms with Crippen LogP contribution in [0.2, 0.25) is 0 Å². The van der Waals surface area contributed by atoms with Crippen LogP contribution in [0.25, 0.3) is 11.0 Å². The minimum atomic E-state index is 0.222. The Labute approximate surface area is 118 Å². The van der Waals surface area contributed by atoms with Gasteiger partial charge in [0.05, 0.1) is 30.8 Å². The summed E-state index contributed by atoms with van der Waals surface area (Å²) in [4.78, 5) is 3.24. The number of methoxy groups -OCH3 is 2. The summed E-state index contributed by atoms with van der Waals surface area (Å²) < 4.78 is 13.4. The first-order chi connectivity index (χ1) is 9.08. The molecule has 0 amide bonds. The Hall–Kier alpha value is -1.33. The van der Waals surface area contributed by atoms with Crippen LogP contribution in [-0.2, 0) is 4.74 Å². The molecule has 5 heteroatoms. The van der Waals surface area contributed by atoms with Crippen LogP contribution in [0.4, 0.5) is 0 Å². The van der Waals surface area contributed by atoms with E-state index in [1.165, 1.54) is 0 Å². The number of rotatable bonds is 5. The van der Waals surface area contributed by atoms with Crippen LogP contribution in [0.1, 0.15) is 19.9 Å². The van der Waals surface area contributed by atoms with Crippen molar-refractivity contribution in [3.8, 4) is 5.75 Å². The van der Waals surface area contributed by atoms with E-state index >= 15 is 0 Å². The highest BCUT2D eigenvalue weighted by atomic mass is 32.1. The van der Waals surface area contributed by atoms with E-state index in [9.17, 15) is 0 Å². The quantitative estimate of drug-likeness (QED) is 0.851. The number of aromatic amines is 1. The van der Waals surface area contributed by atoms with Crippen molar-refractivity contribution in [3.05, 3.63) is 23.0 Å². The Morgan fingerprint density at radius 1 is 1.32 bits per heavy atom. The van der Waals surface area contributed by atoms with Gasteiger partial charge in [0.1, 0.15) is 5.75 Å². The standard InChI is InChI=1S/C14H20N2O2S/c1-9(2)13(8-17-3)16-12-6-5-10(18-4)7-11(12)15-14(16)19/h5-7,9,13H,8H2,1-4H3,(H,15,19). The van der Waals surface area contributed by atoms with Crippen LogP contribution in [0, 0.1) is 10.7 Å². The van der Waals surface area contributed by atoms with E-state index in [1.807, 2.05) is 18.2 Å². The van der Waals surface area contributed by atoms with Crippen molar-refractivity contribution >= 4 is 23.3 Å². The number of ether oxygens (including phenoxy) is 2. The molecule has 1 atom stereocenters. The zero-order valence-corrected chi connectivity index (χ0v) is 12.6. The van der Waals surface area contributed by atoms with Gasteiger partial charge in [0.25, 0.3) is 0 Å². The van der Waals surface area contributed by atoms with E-state index in [0.717, 1.165) is 21.6 Å². The zero-order valence-electron chi connectivity index (χ0n) is 11.8.